The lowest BCUT2D eigenvalue weighted by Crippen LogP contribution is -2.36. The zero-order valence-electron chi connectivity index (χ0n) is 27.0. The number of pyridine rings is 2. The number of nitrogens with zero attached hydrogens (tertiary/aromatic N) is 3. The molecule has 244 valence electrons. The van der Waals surface area contributed by atoms with Gasteiger partial charge < -0.3 is 25.8 Å². The van der Waals surface area contributed by atoms with Crippen LogP contribution in [0.25, 0.3) is 0 Å². The SMILES string of the molecule is OCC(NCc1ccc(CN(CCNCc2ccccn2)CCNCc2ccccn2)cc1)c1cccc(OCc2ccccc2)c1. The molecular formula is C39H46N6O2. The number of hydrogen-bond donors (Lipinski definition) is 4. The van der Waals surface area contributed by atoms with Crippen molar-refractivity contribution in [2.45, 2.75) is 38.8 Å². The average Bonchev–Trinajstić information content (AvgIpc) is 3.13. The number of ether oxygens (including phenoxy) is 1. The largest absolute Gasteiger partial charge is 0.489 e. The third-order valence-corrected chi connectivity index (χ3v) is 7.95. The molecule has 0 fully saturated rings. The van der Waals surface area contributed by atoms with E-state index < -0.39 is 0 Å². The molecule has 5 rings (SSSR count). The summed E-state index contributed by atoms with van der Waals surface area (Å²) in [6.07, 6.45) is 3.67. The number of aromatic nitrogens is 2. The average molecular weight is 631 g/mol. The number of aliphatic hydroxyl groups is 1. The van der Waals surface area contributed by atoms with Crippen LogP contribution >= 0.6 is 0 Å². The van der Waals surface area contributed by atoms with Crippen LogP contribution in [0.2, 0.25) is 0 Å². The number of aliphatic hydroxyl groups excluding tert-OH is 1. The van der Waals surface area contributed by atoms with Crippen LogP contribution < -0.4 is 20.7 Å². The van der Waals surface area contributed by atoms with Crippen molar-refractivity contribution in [3.8, 4) is 5.75 Å². The molecule has 0 aliphatic heterocycles. The molecule has 47 heavy (non-hydrogen) atoms. The molecule has 4 N–H and O–H groups in total. The lowest BCUT2D eigenvalue weighted by molar-refractivity contribution is 0.243. The van der Waals surface area contributed by atoms with Gasteiger partial charge in [-0.1, -0.05) is 78.9 Å². The fourth-order valence-electron chi connectivity index (χ4n) is 5.29. The maximum absolute atomic E-state index is 10.2. The fourth-order valence-corrected chi connectivity index (χ4v) is 5.29. The van der Waals surface area contributed by atoms with E-state index in [9.17, 15) is 5.11 Å². The van der Waals surface area contributed by atoms with Gasteiger partial charge in [-0.05, 0) is 58.7 Å². The van der Waals surface area contributed by atoms with Gasteiger partial charge in [0.2, 0.25) is 0 Å². The Morgan fingerprint density at radius 3 is 1.89 bits per heavy atom. The summed E-state index contributed by atoms with van der Waals surface area (Å²) in [5, 5.41) is 20.8. The Morgan fingerprint density at radius 2 is 1.28 bits per heavy atom. The smallest absolute Gasteiger partial charge is 0.120 e. The van der Waals surface area contributed by atoms with Crippen molar-refractivity contribution in [2.75, 3.05) is 32.8 Å². The highest BCUT2D eigenvalue weighted by atomic mass is 16.5. The van der Waals surface area contributed by atoms with Crippen molar-refractivity contribution in [1.82, 2.24) is 30.8 Å². The molecule has 0 radical (unpaired) electrons. The summed E-state index contributed by atoms with van der Waals surface area (Å²) in [5.74, 6) is 0.791. The Morgan fingerprint density at radius 1 is 0.638 bits per heavy atom. The molecule has 2 heterocycles. The first-order valence-corrected chi connectivity index (χ1v) is 16.4. The van der Waals surface area contributed by atoms with E-state index in [1.807, 2.05) is 91.3 Å². The van der Waals surface area contributed by atoms with E-state index >= 15 is 0 Å². The van der Waals surface area contributed by atoms with Gasteiger partial charge in [0.25, 0.3) is 0 Å². The summed E-state index contributed by atoms with van der Waals surface area (Å²) in [4.78, 5) is 11.3. The van der Waals surface area contributed by atoms with Gasteiger partial charge in [0, 0.05) is 64.8 Å². The van der Waals surface area contributed by atoms with Crippen LogP contribution in [-0.2, 0) is 32.8 Å². The molecule has 2 aromatic heterocycles. The first kappa shape index (κ1) is 33.9. The highest BCUT2D eigenvalue weighted by Gasteiger charge is 2.12. The summed E-state index contributed by atoms with van der Waals surface area (Å²) < 4.78 is 6.01. The molecule has 0 aliphatic rings. The van der Waals surface area contributed by atoms with Gasteiger partial charge in [-0.15, -0.1) is 0 Å². The minimum Gasteiger partial charge on any atom is -0.489 e. The van der Waals surface area contributed by atoms with Crippen molar-refractivity contribution < 1.29 is 9.84 Å². The van der Waals surface area contributed by atoms with Crippen molar-refractivity contribution in [2.24, 2.45) is 0 Å². The molecule has 0 aliphatic carbocycles. The molecule has 0 saturated heterocycles. The number of rotatable bonds is 20. The number of nitrogens with one attached hydrogen (secondary N) is 3. The van der Waals surface area contributed by atoms with Gasteiger partial charge >= 0.3 is 0 Å². The first-order chi connectivity index (χ1) is 23.2. The quantitative estimate of drug-likeness (QED) is 0.0866. The monoisotopic (exact) mass is 630 g/mol. The summed E-state index contributed by atoms with van der Waals surface area (Å²) in [6.45, 7) is 7.13. The van der Waals surface area contributed by atoms with Crippen LogP contribution in [0.1, 0.15) is 39.7 Å². The maximum atomic E-state index is 10.2. The highest BCUT2D eigenvalue weighted by Crippen LogP contribution is 2.21. The highest BCUT2D eigenvalue weighted by molar-refractivity contribution is 5.31. The Labute approximate surface area is 278 Å². The fraction of sp³-hybridized carbons (Fsp3) is 0.282. The Kier molecular flexibility index (Phi) is 13.9. The predicted molar refractivity (Wildman–Crippen MR) is 187 cm³/mol. The Bertz CT molecular complexity index is 1510. The molecule has 3 aromatic carbocycles. The zero-order chi connectivity index (χ0) is 32.4. The molecular weight excluding hydrogens is 584 g/mol. The van der Waals surface area contributed by atoms with E-state index in [0.717, 1.165) is 74.1 Å². The van der Waals surface area contributed by atoms with Gasteiger partial charge in [-0.3, -0.25) is 14.9 Å². The van der Waals surface area contributed by atoms with Gasteiger partial charge in [0.1, 0.15) is 12.4 Å². The predicted octanol–water partition coefficient (Wildman–Crippen LogP) is 5.26. The molecule has 8 nitrogen and oxygen atoms in total. The Hall–Kier alpha value is -4.44. The summed E-state index contributed by atoms with van der Waals surface area (Å²) >= 11 is 0. The molecule has 5 aromatic rings. The van der Waals surface area contributed by atoms with E-state index in [0.29, 0.717) is 13.2 Å². The van der Waals surface area contributed by atoms with Gasteiger partial charge in [0.15, 0.2) is 0 Å². The van der Waals surface area contributed by atoms with Gasteiger partial charge in [-0.2, -0.15) is 0 Å². The topological polar surface area (TPSA) is 94.6 Å². The third-order valence-electron chi connectivity index (χ3n) is 7.95. The van der Waals surface area contributed by atoms with E-state index in [1.54, 1.807) is 0 Å². The molecule has 0 saturated carbocycles. The second kappa shape index (κ2) is 19.3. The van der Waals surface area contributed by atoms with Crippen LogP contribution in [0.5, 0.6) is 5.75 Å². The van der Waals surface area contributed by atoms with Gasteiger partial charge in [-0.25, -0.2) is 0 Å². The van der Waals surface area contributed by atoms with Crippen molar-refractivity contribution >= 4 is 0 Å². The standard InChI is InChI=1S/C39H46N6O2/c46-30-39(35-11-8-14-38(25-35)47-31-34-9-2-1-3-10-34)44-26-32-15-17-33(18-16-32)29-45(23-21-40-27-36-12-4-6-19-42-36)24-22-41-28-37-13-5-7-20-43-37/h1-20,25,39-41,44,46H,21-24,26-31H2. The van der Waals surface area contributed by atoms with Crippen molar-refractivity contribution in [1.29, 1.82) is 0 Å². The number of benzene rings is 3. The van der Waals surface area contributed by atoms with Crippen LogP contribution in [0.15, 0.2) is 128 Å². The minimum absolute atomic E-state index is 0.00206. The van der Waals surface area contributed by atoms with E-state index in [2.05, 4.69) is 67.2 Å². The van der Waals surface area contributed by atoms with E-state index in [1.165, 1.54) is 11.1 Å². The van der Waals surface area contributed by atoms with Crippen molar-refractivity contribution in [3.63, 3.8) is 0 Å². The van der Waals surface area contributed by atoms with E-state index in [4.69, 9.17) is 4.74 Å². The van der Waals surface area contributed by atoms with Crippen LogP contribution in [0, 0.1) is 0 Å². The first-order valence-electron chi connectivity index (χ1n) is 16.4. The van der Waals surface area contributed by atoms with Crippen LogP contribution in [0.4, 0.5) is 0 Å². The van der Waals surface area contributed by atoms with Crippen molar-refractivity contribution in [3.05, 3.63) is 161 Å². The third kappa shape index (κ3) is 12.0. The number of hydrogen-bond acceptors (Lipinski definition) is 8. The second-order valence-corrected chi connectivity index (χ2v) is 11.6. The minimum atomic E-state index is -0.192. The summed E-state index contributed by atoms with van der Waals surface area (Å²) in [5.41, 5.74) is 6.66. The summed E-state index contributed by atoms with van der Waals surface area (Å²) in [6, 6.07) is 38.7. The molecule has 0 amide bonds. The Balaban J connectivity index is 1.11. The molecule has 1 atom stereocenters. The zero-order valence-corrected chi connectivity index (χ0v) is 27.0. The molecule has 0 spiro atoms. The summed E-state index contributed by atoms with van der Waals surface area (Å²) in [7, 11) is 0. The normalized spacial score (nSPS) is 11.9. The molecule has 8 heteroatoms. The molecule has 0 bridgehead atoms. The van der Waals surface area contributed by atoms with Gasteiger partial charge in [0.05, 0.1) is 24.0 Å². The maximum Gasteiger partial charge on any atom is 0.120 e. The van der Waals surface area contributed by atoms with Crippen LogP contribution in [0.3, 0.4) is 0 Å². The van der Waals surface area contributed by atoms with E-state index in [-0.39, 0.29) is 12.6 Å². The molecule has 1 unspecified atom stereocenters. The second-order valence-electron chi connectivity index (χ2n) is 11.6. The lowest BCUT2D eigenvalue weighted by Gasteiger charge is -2.23. The lowest BCUT2D eigenvalue weighted by atomic mass is 10.1. The van der Waals surface area contributed by atoms with Crippen LogP contribution in [-0.4, -0.2) is 52.8 Å².